The Balaban J connectivity index is 1.94. The maximum Gasteiger partial charge on any atom is 0.332 e. The average Bonchev–Trinajstić information content (AvgIpc) is 2.63. The highest BCUT2D eigenvalue weighted by Crippen LogP contribution is 2.24. The minimum absolute atomic E-state index is 0.131. The smallest absolute Gasteiger partial charge is 0.332 e. The Morgan fingerprint density at radius 2 is 1.96 bits per heavy atom. The molecule has 1 saturated heterocycles. The molecule has 1 atom stereocenters. The summed E-state index contributed by atoms with van der Waals surface area (Å²) in [4.78, 5) is 43.5. The number of fused-ring (bicyclic) bond motifs is 1. The molecule has 1 amide bonds. The average molecular weight is 358 g/mol. The molecule has 0 saturated carbocycles. The number of nitrogens with zero attached hydrogens (tertiary/aromatic N) is 4. The zero-order chi connectivity index (χ0) is 19.0. The lowest BCUT2D eigenvalue weighted by Crippen LogP contribution is -2.41. The Morgan fingerprint density at radius 3 is 2.65 bits per heavy atom. The summed E-state index contributed by atoms with van der Waals surface area (Å²) >= 11 is 0. The van der Waals surface area contributed by atoms with Crippen molar-refractivity contribution >= 4 is 16.9 Å². The van der Waals surface area contributed by atoms with Gasteiger partial charge in [0, 0.05) is 27.2 Å². The monoisotopic (exact) mass is 358 g/mol. The van der Waals surface area contributed by atoms with E-state index in [1.165, 1.54) is 11.6 Å². The molecular weight excluding hydrogens is 332 g/mol. The van der Waals surface area contributed by atoms with Crippen LogP contribution in [-0.2, 0) is 14.1 Å². The molecule has 2 aromatic rings. The second-order valence-corrected chi connectivity index (χ2v) is 7.66. The van der Waals surface area contributed by atoms with E-state index < -0.39 is 11.2 Å². The third kappa shape index (κ3) is 3.30. The van der Waals surface area contributed by atoms with Gasteiger partial charge >= 0.3 is 5.69 Å². The lowest BCUT2D eigenvalue weighted by molar-refractivity contribution is 0.0654. The van der Waals surface area contributed by atoms with Crippen LogP contribution in [-0.4, -0.2) is 38.0 Å². The molecule has 7 heteroatoms. The van der Waals surface area contributed by atoms with Crippen molar-refractivity contribution in [1.82, 2.24) is 19.0 Å². The normalized spacial score (nSPS) is 17.9. The molecule has 26 heavy (non-hydrogen) atoms. The molecule has 0 bridgehead atoms. The lowest BCUT2D eigenvalue weighted by atomic mass is 9.89. The van der Waals surface area contributed by atoms with Gasteiger partial charge in [-0.3, -0.25) is 18.7 Å². The van der Waals surface area contributed by atoms with Gasteiger partial charge in [0.15, 0.2) is 0 Å². The number of rotatable bonds is 3. The predicted molar refractivity (Wildman–Crippen MR) is 100 cm³/mol. The first-order valence-corrected chi connectivity index (χ1v) is 9.15. The maximum absolute atomic E-state index is 12.9. The van der Waals surface area contributed by atoms with E-state index in [-0.39, 0.29) is 17.2 Å². The van der Waals surface area contributed by atoms with E-state index in [1.807, 2.05) is 4.90 Å². The van der Waals surface area contributed by atoms with Gasteiger partial charge in [0.2, 0.25) is 0 Å². The zero-order valence-corrected chi connectivity index (χ0v) is 15.9. The van der Waals surface area contributed by atoms with Crippen LogP contribution in [0.2, 0.25) is 0 Å². The van der Waals surface area contributed by atoms with Gasteiger partial charge < -0.3 is 4.90 Å². The topological polar surface area (TPSA) is 77.2 Å². The largest absolute Gasteiger partial charge is 0.337 e. The number of aryl methyl sites for hydroxylation is 1. The van der Waals surface area contributed by atoms with Gasteiger partial charge in [-0.2, -0.15) is 0 Å². The molecule has 140 valence electrons. The van der Waals surface area contributed by atoms with E-state index in [2.05, 4.69) is 18.8 Å². The number of likely N-dealkylation sites (tertiary alicyclic amines) is 1. The third-order valence-corrected chi connectivity index (χ3v) is 5.13. The molecule has 3 heterocycles. The van der Waals surface area contributed by atoms with Crippen LogP contribution in [0.25, 0.3) is 11.0 Å². The van der Waals surface area contributed by atoms with E-state index in [9.17, 15) is 14.4 Å². The minimum atomic E-state index is -0.449. The summed E-state index contributed by atoms with van der Waals surface area (Å²) < 4.78 is 2.36. The number of hydrogen-bond donors (Lipinski definition) is 0. The number of pyridine rings is 1. The summed E-state index contributed by atoms with van der Waals surface area (Å²) in [5.41, 5.74) is -0.315. The first kappa shape index (κ1) is 18.4. The fourth-order valence-corrected chi connectivity index (χ4v) is 3.84. The molecule has 1 fully saturated rings. The summed E-state index contributed by atoms with van der Waals surface area (Å²) in [5, 5.41) is 0.336. The SMILES string of the molecule is CC(C)C[C@H]1CCCN(C(=O)c2ccc3c(=O)n(C)c(=O)n(C)c3n2)C1. The van der Waals surface area contributed by atoms with Gasteiger partial charge in [0.1, 0.15) is 11.3 Å². The van der Waals surface area contributed by atoms with Gasteiger partial charge in [-0.1, -0.05) is 13.8 Å². The standard InChI is InChI=1S/C19H26N4O3/c1-12(2)10-13-6-5-9-23(11-13)18(25)15-8-7-14-16(20-15)21(3)19(26)22(4)17(14)24/h7-8,12-13H,5-6,9-11H2,1-4H3/t13-/m1/s1. The van der Waals surface area contributed by atoms with Gasteiger partial charge in [0.25, 0.3) is 11.5 Å². The van der Waals surface area contributed by atoms with Crippen LogP contribution in [0.1, 0.15) is 43.6 Å². The molecule has 0 aromatic carbocycles. The van der Waals surface area contributed by atoms with Crippen LogP contribution in [0.4, 0.5) is 0 Å². The minimum Gasteiger partial charge on any atom is -0.337 e. The maximum atomic E-state index is 12.9. The van der Waals surface area contributed by atoms with E-state index in [1.54, 1.807) is 19.2 Å². The molecule has 0 aliphatic carbocycles. The van der Waals surface area contributed by atoms with Crippen molar-refractivity contribution in [2.75, 3.05) is 13.1 Å². The molecule has 7 nitrogen and oxygen atoms in total. The van der Waals surface area contributed by atoms with Crippen molar-refractivity contribution in [2.24, 2.45) is 25.9 Å². The lowest BCUT2D eigenvalue weighted by Gasteiger charge is -2.33. The number of hydrogen-bond acceptors (Lipinski definition) is 4. The number of amides is 1. The fourth-order valence-electron chi connectivity index (χ4n) is 3.84. The van der Waals surface area contributed by atoms with E-state index in [0.29, 0.717) is 17.2 Å². The van der Waals surface area contributed by atoms with E-state index in [0.717, 1.165) is 36.9 Å². The molecule has 2 aromatic heterocycles. The molecular formula is C19H26N4O3. The summed E-state index contributed by atoms with van der Waals surface area (Å²) in [7, 11) is 3.00. The van der Waals surface area contributed by atoms with Crippen molar-refractivity contribution in [3.8, 4) is 0 Å². The van der Waals surface area contributed by atoms with Gasteiger partial charge in [-0.15, -0.1) is 0 Å². The van der Waals surface area contributed by atoms with Gasteiger partial charge in [-0.05, 0) is 43.2 Å². The first-order valence-electron chi connectivity index (χ1n) is 9.15. The Hall–Kier alpha value is -2.44. The summed E-state index contributed by atoms with van der Waals surface area (Å²) in [6.07, 6.45) is 3.26. The Bertz CT molecular complexity index is 958. The number of piperidine rings is 1. The van der Waals surface area contributed by atoms with Crippen LogP contribution in [0.15, 0.2) is 21.7 Å². The molecule has 0 N–H and O–H groups in total. The number of carbonyl (C=O) groups excluding carboxylic acids is 1. The Kier molecular flexibility index (Phi) is 4.98. The fraction of sp³-hybridized carbons (Fsp3) is 0.579. The van der Waals surface area contributed by atoms with Crippen LogP contribution in [0.5, 0.6) is 0 Å². The number of carbonyl (C=O) groups is 1. The molecule has 0 spiro atoms. The molecule has 3 rings (SSSR count). The second kappa shape index (κ2) is 7.05. The van der Waals surface area contributed by atoms with E-state index >= 15 is 0 Å². The van der Waals surface area contributed by atoms with Crippen LogP contribution < -0.4 is 11.2 Å². The van der Waals surface area contributed by atoms with Crippen LogP contribution >= 0.6 is 0 Å². The molecule has 1 aliphatic rings. The Labute approximate surface area is 152 Å². The predicted octanol–water partition coefficient (Wildman–Crippen LogP) is 1.53. The second-order valence-electron chi connectivity index (χ2n) is 7.66. The summed E-state index contributed by atoms with van der Waals surface area (Å²) in [6, 6.07) is 3.18. The quantitative estimate of drug-likeness (QED) is 0.834. The zero-order valence-electron chi connectivity index (χ0n) is 15.9. The highest BCUT2D eigenvalue weighted by molar-refractivity contribution is 5.94. The van der Waals surface area contributed by atoms with Crippen molar-refractivity contribution in [3.05, 3.63) is 38.7 Å². The first-order chi connectivity index (χ1) is 12.3. The van der Waals surface area contributed by atoms with Gasteiger partial charge in [-0.25, -0.2) is 9.78 Å². The summed E-state index contributed by atoms with van der Waals surface area (Å²) in [5.74, 6) is 0.998. The van der Waals surface area contributed by atoms with Gasteiger partial charge in [0.05, 0.1) is 5.39 Å². The van der Waals surface area contributed by atoms with Crippen LogP contribution in [0.3, 0.4) is 0 Å². The van der Waals surface area contributed by atoms with Crippen molar-refractivity contribution in [1.29, 1.82) is 0 Å². The highest BCUT2D eigenvalue weighted by Gasteiger charge is 2.26. The molecule has 1 aliphatic heterocycles. The van der Waals surface area contributed by atoms with Crippen molar-refractivity contribution in [2.45, 2.75) is 33.1 Å². The third-order valence-electron chi connectivity index (χ3n) is 5.13. The Morgan fingerprint density at radius 1 is 1.23 bits per heavy atom. The van der Waals surface area contributed by atoms with Crippen molar-refractivity contribution in [3.63, 3.8) is 0 Å². The summed E-state index contributed by atoms with van der Waals surface area (Å²) in [6.45, 7) is 5.87. The molecule has 0 unspecified atom stereocenters. The number of aromatic nitrogens is 3. The molecule has 0 radical (unpaired) electrons. The van der Waals surface area contributed by atoms with Crippen molar-refractivity contribution < 1.29 is 4.79 Å². The van der Waals surface area contributed by atoms with E-state index in [4.69, 9.17) is 0 Å². The highest BCUT2D eigenvalue weighted by atomic mass is 16.2. The van der Waals surface area contributed by atoms with Crippen LogP contribution in [0, 0.1) is 11.8 Å².